The van der Waals surface area contributed by atoms with Crippen LogP contribution in [0.3, 0.4) is 0 Å². The maximum atomic E-state index is 5.51. The van der Waals surface area contributed by atoms with E-state index in [1.54, 1.807) is 0 Å². The molecule has 0 aromatic heterocycles. The lowest BCUT2D eigenvalue weighted by Gasteiger charge is -2.25. The number of anilines is 1. The number of hydrogen-bond acceptors (Lipinski definition) is 1. The van der Waals surface area contributed by atoms with Crippen LogP contribution in [0.2, 0.25) is 0 Å². The van der Waals surface area contributed by atoms with Crippen LogP contribution in [0.15, 0.2) is 18.2 Å². The van der Waals surface area contributed by atoms with Crippen LogP contribution in [0, 0.1) is 13.8 Å². The predicted molar refractivity (Wildman–Crippen MR) is 84.3 cm³/mol. The Morgan fingerprint density at radius 3 is 2.33 bits per heavy atom. The van der Waals surface area contributed by atoms with Gasteiger partial charge in [0.25, 0.3) is 0 Å². The van der Waals surface area contributed by atoms with Gasteiger partial charge in [0.05, 0.1) is 0 Å². The van der Waals surface area contributed by atoms with Gasteiger partial charge >= 0.3 is 0 Å². The summed E-state index contributed by atoms with van der Waals surface area (Å²) in [5.74, 6) is 0. The zero-order chi connectivity index (χ0) is 13.5. The zero-order valence-corrected chi connectivity index (χ0v) is 12.7. The number of hydrogen-bond donors (Lipinski definition) is 1. The molecule has 0 bridgehead atoms. The largest absolute Gasteiger partial charge is 0.349 e. The minimum Gasteiger partial charge on any atom is -0.349 e. The van der Waals surface area contributed by atoms with Crippen molar-refractivity contribution in [1.29, 1.82) is 0 Å². The van der Waals surface area contributed by atoms with Crippen molar-refractivity contribution in [2.45, 2.75) is 40.5 Å². The zero-order valence-electron chi connectivity index (χ0n) is 11.9. The fraction of sp³-hybridized carbons (Fsp3) is 0.533. The Balaban J connectivity index is 2.75. The molecule has 3 heteroatoms. The summed E-state index contributed by atoms with van der Waals surface area (Å²) in [5, 5.41) is 4.22. The second kappa shape index (κ2) is 7.37. The number of benzene rings is 1. The molecule has 1 aromatic carbocycles. The van der Waals surface area contributed by atoms with Gasteiger partial charge in [0, 0.05) is 18.8 Å². The Kier molecular flexibility index (Phi) is 6.13. The second-order valence-electron chi connectivity index (χ2n) is 4.66. The Morgan fingerprint density at radius 1 is 1.17 bits per heavy atom. The molecule has 1 N–H and O–H groups in total. The maximum Gasteiger partial charge on any atom is 0.173 e. The SMILES string of the molecule is CCCN(CCC)C(=S)Nc1cccc(C)c1C. The van der Waals surface area contributed by atoms with E-state index in [0.29, 0.717) is 0 Å². The summed E-state index contributed by atoms with van der Waals surface area (Å²) in [6.45, 7) is 10.7. The third kappa shape index (κ3) is 3.98. The van der Waals surface area contributed by atoms with E-state index in [0.717, 1.165) is 36.7 Å². The summed E-state index contributed by atoms with van der Waals surface area (Å²) in [5.41, 5.74) is 3.69. The van der Waals surface area contributed by atoms with Crippen molar-refractivity contribution >= 4 is 23.0 Å². The molecule has 0 unspecified atom stereocenters. The number of nitrogens with zero attached hydrogens (tertiary/aromatic N) is 1. The first-order chi connectivity index (χ1) is 8.60. The summed E-state index contributed by atoms with van der Waals surface area (Å²) < 4.78 is 0. The standard InChI is InChI=1S/C15H24N2S/c1-5-10-17(11-6-2)15(18)16-14-9-7-8-12(3)13(14)4/h7-9H,5-6,10-11H2,1-4H3,(H,16,18). The van der Waals surface area contributed by atoms with Crippen LogP contribution < -0.4 is 5.32 Å². The lowest BCUT2D eigenvalue weighted by Crippen LogP contribution is -2.36. The van der Waals surface area contributed by atoms with Crippen molar-refractivity contribution in [3.8, 4) is 0 Å². The Hall–Kier alpha value is -1.09. The molecule has 0 fully saturated rings. The van der Waals surface area contributed by atoms with Gasteiger partial charge in [0.1, 0.15) is 0 Å². The Morgan fingerprint density at radius 2 is 1.78 bits per heavy atom. The highest BCUT2D eigenvalue weighted by Crippen LogP contribution is 2.18. The van der Waals surface area contributed by atoms with Gasteiger partial charge in [-0.25, -0.2) is 0 Å². The Bertz CT molecular complexity index is 395. The van der Waals surface area contributed by atoms with Gasteiger partial charge in [-0.15, -0.1) is 0 Å². The molecule has 1 rings (SSSR count). The molecule has 1 aromatic rings. The molecule has 0 heterocycles. The lowest BCUT2D eigenvalue weighted by atomic mass is 10.1. The van der Waals surface area contributed by atoms with E-state index < -0.39 is 0 Å². The van der Waals surface area contributed by atoms with E-state index in [9.17, 15) is 0 Å². The van der Waals surface area contributed by atoms with Gasteiger partial charge in [-0.2, -0.15) is 0 Å². The van der Waals surface area contributed by atoms with E-state index >= 15 is 0 Å². The van der Waals surface area contributed by atoms with Crippen molar-refractivity contribution in [3.05, 3.63) is 29.3 Å². The number of rotatable bonds is 5. The van der Waals surface area contributed by atoms with E-state index in [2.05, 4.69) is 56.1 Å². The van der Waals surface area contributed by atoms with E-state index in [-0.39, 0.29) is 0 Å². The molecule has 0 radical (unpaired) electrons. The molecule has 0 saturated carbocycles. The van der Waals surface area contributed by atoms with Crippen LogP contribution in [0.1, 0.15) is 37.8 Å². The molecule has 18 heavy (non-hydrogen) atoms. The van der Waals surface area contributed by atoms with Crippen molar-refractivity contribution in [2.75, 3.05) is 18.4 Å². The molecule has 100 valence electrons. The minimum absolute atomic E-state index is 0.840. The van der Waals surface area contributed by atoms with Crippen LogP contribution in [0.25, 0.3) is 0 Å². The first-order valence-electron chi connectivity index (χ1n) is 6.72. The topological polar surface area (TPSA) is 15.3 Å². The first kappa shape index (κ1) is 15.0. The summed E-state index contributed by atoms with van der Waals surface area (Å²) in [4.78, 5) is 2.25. The third-order valence-corrected chi connectivity index (χ3v) is 3.48. The fourth-order valence-electron chi connectivity index (χ4n) is 1.94. The quantitative estimate of drug-likeness (QED) is 0.805. The second-order valence-corrected chi connectivity index (χ2v) is 5.05. The predicted octanol–water partition coefficient (Wildman–Crippen LogP) is 4.12. The van der Waals surface area contributed by atoms with Crippen LogP contribution in [0.4, 0.5) is 5.69 Å². The van der Waals surface area contributed by atoms with E-state index in [1.807, 2.05) is 0 Å². The van der Waals surface area contributed by atoms with Gasteiger partial charge in [0.2, 0.25) is 0 Å². The first-order valence-corrected chi connectivity index (χ1v) is 7.13. The maximum absolute atomic E-state index is 5.51. The fourth-order valence-corrected chi connectivity index (χ4v) is 2.23. The van der Waals surface area contributed by atoms with Gasteiger partial charge in [-0.1, -0.05) is 26.0 Å². The summed E-state index contributed by atoms with van der Waals surface area (Å²) in [7, 11) is 0. The number of aryl methyl sites for hydroxylation is 1. The molecule has 0 spiro atoms. The van der Waals surface area contributed by atoms with E-state index in [1.165, 1.54) is 11.1 Å². The van der Waals surface area contributed by atoms with Crippen LogP contribution in [0.5, 0.6) is 0 Å². The molecule has 0 atom stereocenters. The third-order valence-electron chi connectivity index (χ3n) is 3.12. The van der Waals surface area contributed by atoms with Gasteiger partial charge in [-0.05, 0) is 56.1 Å². The minimum atomic E-state index is 0.840. The highest BCUT2D eigenvalue weighted by Gasteiger charge is 2.09. The van der Waals surface area contributed by atoms with Crippen molar-refractivity contribution < 1.29 is 0 Å². The summed E-state index contributed by atoms with van der Waals surface area (Å²) in [6, 6.07) is 6.28. The van der Waals surface area contributed by atoms with Gasteiger partial charge in [-0.3, -0.25) is 0 Å². The highest BCUT2D eigenvalue weighted by molar-refractivity contribution is 7.80. The molecule has 0 aliphatic carbocycles. The normalized spacial score (nSPS) is 10.2. The Labute approximate surface area is 116 Å². The van der Waals surface area contributed by atoms with Gasteiger partial charge < -0.3 is 10.2 Å². The molecular formula is C15H24N2S. The molecular weight excluding hydrogens is 240 g/mol. The van der Waals surface area contributed by atoms with E-state index in [4.69, 9.17) is 12.2 Å². The molecule has 0 aliphatic rings. The summed E-state index contributed by atoms with van der Waals surface area (Å²) >= 11 is 5.51. The van der Waals surface area contributed by atoms with Crippen molar-refractivity contribution in [1.82, 2.24) is 4.90 Å². The average molecular weight is 264 g/mol. The molecule has 2 nitrogen and oxygen atoms in total. The molecule has 0 saturated heterocycles. The van der Waals surface area contributed by atoms with Crippen molar-refractivity contribution in [2.24, 2.45) is 0 Å². The average Bonchev–Trinajstić information content (AvgIpc) is 2.34. The van der Waals surface area contributed by atoms with Crippen molar-refractivity contribution in [3.63, 3.8) is 0 Å². The van der Waals surface area contributed by atoms with Crippen LogP contribution in [-0.2, 0) is 0 Å². The molecule has 0 amide bonds. The summed E-state index contributed by atoms with van der Waals surface area (Å²) in [6.07, 6.45) is 2.24. The number of nitrogens with one attached hydrogen (secondary N) is 1. The van der Waals surface area contributed by atoms with Gasteiger partial charge in [0.15, 0.2) is 5.11 Å². The van der Waals surface area contributed by atoms with Crippen LogP contribution in [-0.4, -0.2) is 23.1 Å². The smallest absolute Gasteiger partial charge is 0.173 e. The monoisotopic (exact) mass is 264 g/mol. The highest BCUT2D eigenvalue weighted by atomic mass is 32.1. The number of thiocarbonyl (C=S) groups is 1. The molecule has 0 aliphatic heterocycles. The van der Waals surface area contributed by atoms with Crippen LogP contribution >= 0.6 is 12.2 Å². The lowest BCUT2D eigenvalue weighted by molar-refractivity contribution is 0.423.